The molecule has 0 saturated carbocycles. The van der Waals surface area contributed by atoms with E-state index in [9.17, 15) is 9.59 Å². The van der Waals surface area contributed by atoms with E-state index in [1.165, 1.54) is 25.4 Å². The summed E-state index contributed by atoms with van der Waals surface area (Å²) in [6, 6.07) is 2.97. The molecule has 7 heteroatoms. The number of carboxylic acid groups (broad SMARTS) is 1. The van der Waals surface area contributed by atoms with E-state index < -0.39 is 11.9 Å². The average molecular weight is 268 g/mol. The van der Waals surface area contributed by atoms with Crippen molar-refractivity contribution in [3.63, 3.8) is 0 Å². The van der Waals surface area contributed by atoms with Crippen molar-refractivity contribution in [3.8, 4) is 5.88 Å². The van der Waals surface area contributed by atoms with Crippen LogP contribution >= 0.6 is 0 Å². The van der Waals surface area contributed by atoms with Crippen molar-refractivity contribution in [1.82, 2.24) is 9.88 Å². The Kier molecular flexibility index (Phi) is 5.74. The van der Waals surface area contributed by atoms with Gasteiger partial charge in [-0.3, -0.25) is 9.59 Å². The lowest BCUT2D eigenvalue weighted by molar-refractivity contribution is -0.137. The number of aromatic nitrogens is 1. The Morgan fingerprint density at radius 3 is 2.79 bits per heavy atom. The molecular weight excluding hydrogens is 252 g/mol. The maximum absolute atomic E-state index is 11.9. The van der Waals surface area contributed by atoms with Crippen LogP contribution in [0.2, 0.25) is 0 Å². The van der Waals surface area contributed by atoms with Crippen molar-refractivity contribution >= 4 is 11.9 Å². The Morgan fingerprint density at radius 1 is 1.42 bits per heavy atom. The second-order valence-electron chi connectivity index (χ2n) is 3.78. The molecule has 0 bridgehead atoms. The van der Waals surface area contributed by atoms with Gasteiger partial charge in [-0.1, -0.05) is 0 Å². The summed E-state index contributed by atoms with van der Waals surface area (Å²) in [5.41, 5.74) is 0.325. The molecule has 0 radical (unpaired) electrons. The third kappa shape index (κ3) is 4.92. The molecule has 0 unspecified atom stereocenters. The monoisotopic (exact) mass is 268 g/mol. The molecule has 104 valence electrons. The number of carboxylic acids is 1. The minimum Gasteiger partial charge on any atom is -0.480 e. The maximum Gasteiger partial charge on any atom is 0.323 e. The number of hydrogen-bond acceptors (Lipinski definition) is 5. The predicted octanol–water partition coefficient (Wildman–Crippen LogP) is 0.263. The molecule has 0 fully saturated rings. The van der Waals surface area contributed by atoms with Gasteiger partial charge in [-0.15, -0.1) is 0 Å². The molecule has 1 rings (SSSR count). The van der Waals surface area contributed by atoms with Gasteiger partial charge in [-0.25, -0.2) is 4.98 Å². The summed E-state index contributed by atoms with van der Waals surface area (Å²) in [4.78, 5) is 27.5. The van der Waals surface area contributed by atoms with Crippen LogP contribution in [-0.2, 0) is 9.53 Å². The van der Waals surface area contributed by atoms with Crippen LogP contribution in [0.5, 0.6) is 5.88 Å². The van der Waals surface area contributed by atoms with Crippen LogP contribution in [0, 0.1) is 0 Å². The molecule has 0 aliphatic carbocycles. The topological polar surface area (TPSA) is 89.0 Å². The van der Waals surface area contributed by atoms with Crippen LogP contribution in [0.3, 0.4) is 0 Å². The number of hydrogen-bond donors (Lipinski definition) is 1. The van der Waals surface area contributed by atoms with Gasteiger partial charge in [0.2, 0.25) is 5.88 Å². The standard InChI is InChI=1S/C12H16N2O5/c1-14(8-11(15)16)12(17)9-3-4-13-10(7-9)19-6-5-18-2/h3-4,7H,5-6,8H2,1-2H3,(H,15,16). The molecule has 0 spiro atoms. The van der Waals surface area contributed by atoms with Crippen LogP contribution in [0.1, 0.15) is 10.4 Å². The van der Waals surface area contributed by atoms with Crippen LogP contribution in [0.25, 0.3) is 0 Å². The number of aliphatic carboxylic acids is 1. The van der Waals surface area contributed by atoms with Gasteiger partial charge in [0.25, 0.3) is 5.91 Å². The normalized spacial score (nSPS) is 10.0. The highest BCUT2D eigenvalue weighted by Gasteiger charge is 2.15. The maximum atomic E-state index is 11.9. The van der Waals surface area contributed by atoms with Crippen LogP contribution in [0.15, 0.2) is 18.3 Å². The van der Waals surface area contributed by atoms with E-state index in [4.69, 9.17) is 14.6 Å². The molecule has 1 amide bonds. The van der Waals surface area contributed by atoms with E-state index >= 15 is 0 Å². The number of carbonyl (C=O) groups excluding carboxylic acids is 1. The van der Waals surface area contributed by atoms with Gasteiger partial charge in [0.1, 0.15) is 13.2 Å². The Labute approximate surface area is 110 Å². The Bertz CT molecular complexity index is 450. The van der Waals surface area contributed by atoms with Crippen molar-refractivity contribution < 1.29 is 24.2 Å². The molecule has 1 aromatic heterocycles. The largest absolute Gasteiger partial charge is 0.480 e. The summed E-state index contributed by atoms with van der Waals surface area (Å²) in [6.45, 7) is 0.381. The van der Waals surface area contributed by atoms with Crippen molar-refractivity contribution in [1.29, 1.82) is 0 Å². The van der Waals surface area contributed by atoms with E-state index in [-0.39, 0.29) is 6.54 Å². The van der Waals surface area contributed by atoms with Gasteiger partial charge in [-0.05, 0) is 6.07 Å². The van der Waals surface area contributed by atoms with Gasteiger partial charge in [0.15, 0.2) is 0 Å². The highest BCUT2D eigenvalue weighted by molar-refractivity contribution is 5.95. The summed E-state index contributed by atoms with van der Waals surface area (Å²) < 4.78 is 10.1. The fourth-order valence-corrected chi connectivity index (χ4v) is 1.35. The van der Waals surface area contributed by atoms with E-state index in [0.717, 1.165) is 4.90 Å². The number of nitrogens with zero attached hydrogens (tertiary/aromatic N) is 2. The number of methoxy groups -OCH3 is 1. The molecule has 1 N–H and O–H groups in total. The first-order valence-corrected chi connectivity index (χ1v) is 5.59. The zero-order valence-electron chi connectivity index (χ0n) is 10.8. The van der Waals surface area contributed by atoms with Crippen LogP contribution in [0.4, 0.5) is 0 Å². The first kappa shape index (κ1) is 14.9. The fourth-order valence-electron chi connectivity index (χ4n) is 1.35. The van der Waals surface area contributed by atoms with Gasteiger partial charge in [0, 0.05) is 32.0 Å². The molecule has 0 saturated heterocycles. The zero-order valence-corrected chi connectivity index (χ0v) is 10.8. The summed E-state index contributed by atoms with van der Waals surface area (Å²) in [5, 5.41) is 8.63. The summed E-state index contributed by atoms with van der Waals surface area (Å²) >= 11 is 0. The number of likely N-dealkylation sites (N-methyl/N-ethyl adjacent to an activating group) is 1. The Hall–Kier alpha value is -2.15. The highest BCUT2D eigenvalue weighted by atomic mass is 16.5. The van der Waals surface area contributed by atoms with Gasteiger partial charge in [0.05, 0.1) is 6.61 Å². The lowest BCUT2D eigenvalue weighted by Crippen LogP contribution is -2.31. The molecule has 0 atom stereocenters. The van der Waals surface area contributed by atoms with Gasteiger partial charge >= 0.3 is 5.97 Å². The molecule has 19 heavy (non-hydrogen) atoms. The summed E-state index contributed by atoms with van der Waals surface area (Å²) in [7, 11) is 2.97. The minimum absolute atomic E-state index is 0.298. The molecular formula is C12H16N2O5. The van der Waals surface area contributed by atoms with Gasteiger partial charge < -0.3 is 19.5 Å². The zero-order chi connectivity index (χ0) is 14.3. The molecule has 0 aliphatic rings. The van der Waals surface area contributed by atoms with Crippen molar-refractivity contribution in [2.24, 2.45) is 0 Å². The van der Waals surface area contributed by atoms with Crippen LogP contribution in [-0.4, -0.2) is 60.8 Å². The van der Waals surface area contributed by atoms with Crippen molar-refractivity contribution in [2.75, 3.05) is 33.9 Å². The second-order valence-corrected chi connectivity index (χ2v) is 3.78. The molecule has 7 nitrogen and oxygen atoms in total. The third-order valence-corrected chi connectivity index (χ3v) is 2.24. The predicted molar refractivity (Wildman–Crippen MR) is 66.2 cm³/mol. The molecule has 1 aromatic rings. The SMILES string of the molecule is COCCOc1cc(C(=O)N(C)CC(=O)O)ccn1. The van der Waals surface area contributed by atoms with Gasteiger partial charge in [-0.2, -0.15) is 0 Å². The smallest absolute Gasteiger partial charge is 0.323 e. The average Bonchev–Trinajstić information content (AvgIpc) is 2.38. The van der Waals surface area contributed by atoms with Crippen molar-refractivity contribution in [2.45, 2.75) is 0 Å². The Balaban J connectivity index is 2.69. The number of ether oxygens (including phenoxy) is 2. The van der Waals surface area contributed by atoms with E-state index in [1.807, 2.05) is 0 Å². The number of rotatable bonds is 7. The fraction of sp³-hybridized carbons (Fsp3) is 0.417. The quantitative estimate of drug-likeness (QED) is 0.714. The first-order chi connectivity index (χ1) is 9.04. The second kappa shape index (κ2) is 7.32. The highest BCUT2D eigenvalue weighted by Crippen LogP contribution is 2.11. The van der Waals surface area contributed by atoms with Crippen LogP contribution < -0.4 is 4.74 Å². The lowest BCUT2D eigenvalue weighted by atomic mass is 10.2. The third-order valence-electron chi connectivity index (χ3n) is 2.24. The summed E-state index contributed by atoms with van der Waals surface area (Å²) in [5.74, 6) is -1.17. The summed E-state index contributed by atoms with van der Waals surface area (Å²) in [6.07, 6.45) is 1.43. The number of carbonyl (C=O) groups is 2. The number of pyridine rings is 1. The molecule has 0 aliphatic heterocycles. The lowest BCUT2D eigenvalue weighted by Gasteiger charge is -2.14. The molecule has 1 heterocycles. The number of amides is 1. The van der Waals surface area contributed by atoms with E-state index in [0.29, 0.717) is 24.7 Å². The van der Waals surface area contributed by atoms with Crippen molar-refractivity contribution in [3.05, 3.63) is 23.9 Å². The van der Waals surface area contributed by atoms with E-state index in [2.05, 4.69) is 4.98 Å². The molecule has 0 aromatic carbocycles. The minimum atomic E-state index is -1.07. The Morgan fingerprint density at radius 2 is 2.16 bits per heavy atom. The first-order valence-electron chi connectivity index (χ1n) is 5.59. The van der Waals surface area contributed by atoms with E-state index in [1.54, 1.807) is 7.11 Å².